The fraction of sp³-hybridized carbons (Fsp3) is 0.417. The van der Waals surface area contributed by atoms with Gasteiger partial charge in [0.25, 0.3) is 5.69 Å². The predicted molar refractivity (Wildman–Crippen MR) is 75.8 cm³/mol. The fourth-order valence-corrected chi connectivity index (χ4v) is 2.15. The number of nitrogens with zero attached hydrogens (tertiary/aromatic N) is 2. The number of nitro benzene ring substituents is 1. The van der Waals surface area contributed by atoms with E-state index in [-0.39, 0.29) is 11.7 Å². The molecule has 0 amide bonds. The largest absolute Gasteiger partial charge is 0.353 e. The highest BCUT2D eigenvalue weighted by Crippen LogP contribution is 2.21. The molecule has 6 nitrogen and oxygen atoms in total. The van der Waals surface area contributed by atoms with Gasteiger partial charge in [0.15, 0.2) is 0 Å². The molecule has 2 rings (SSSR count). The zero-order chi connectivity index (χ0) is 13.8. The normalized spacial score (nSPS) is 12.5. The first-order valence-electron chi connectivity index (χ1n) is 6.10. The number of aromatic amines is 1. The van der Waals surface area contributed by atoms with Crippen molar-refractivity contribution in [3.8, 4) is 0 Å². The second-order valence-electron chi connectivity index (χ2n) is 4.27. The van der Waals surface area contributed by atoms with Crippen LogP contribution in [0, 0.1) is 10.1 Å². The fourth-order valence-electron chi connectivity index (χ4n) is 1.88. The molecule has 1 aromatic heterocycles. The standard InChI is InChI=1S/C12H15ClN4O2/c1-2-8(5-6-13)14-12-15-10-4-3-9(17(18)19)7-11(10)16-12/h3-4,7-8H,2,5-6H2,1H3,(H2,14,15,16). The summed E-state index contributed by atoms with van der Waals surface area (Å²) < 4.78 is 0. The quantitative estimate of drug-likeness (QED) is 0.484. The molecule has 19 heavy (non-hydrogen) atoms. The Morgan fingerprint density at radius 3 is 3.00 bits per heavy atom. The van der Waals surface area contributed by atoms with Crippen molar-refractivity contribution in [1.29, 1.82) is 0 Å². The summed E-state index contributed by atoms with van der Waals surface area (Å²) in [6, 6.07) is 4.81. The second kappa shape index (κ2) is 5.88. The smallest absolute Gasteiger partial charge is 0.271 e. The van der Waals surface area contributed by atoms with E-state index in [0.29, 0.717) is 22.9 Å². The van der Waals surface area contributed by atoms with Crippen molar-refractivity contribution in [3.63, 3.8) is 0 Å². The van der Waals surface area contributed by atoms with Gasteiger partial charge in [-0.1, -0.05) is 6.92 Å². The number of halogens is 1. The van der Waals surface area contributed by atoms with Crippen molar-refractivity contribution in [3.05, 3.63) is 28.3 Å². The average Bonchev–Trinajstić information content (AvgIpc) is 2.79. The molecular weight excluding hydrogens is 268 g/mol. The topological polar surface area (TPSA) is 83.8 Å². The second-order valence-corrected chi connectivity index (χ2v) is 4.65. The minimum atomic E-state index is -0.421. The molecule has 0 fully saturated rings. The van der Waals surface area contributed by atoms with Crippen molar-refractivity contribution >= 4 is 34.3 Å². The van der Waals surface area contributed by atoms with Crippen LogP contribution in [0.5, 0.6) is 0 Å². The SMILES string of the molecule is CCC(CCCl)Nc1nc2ccc([N+](=O)[O-])cc2[nH]1. The lowest BCUT2D eigenvalue weighted by Crippen LogP contribution is -2.19. The van der Waals surface area contributed by atoms with Gasteiger partial charge < -0.3 is 10.3 Å². The number of imidazole rings is 1. The number of aromatic nitrogens is 2. The Balaban J connectivity index is 2.23. The molecule has 0 spiro atoms. The van der Waals surface area contributed by atoms with Gasteiger partial charge in [0.05, 0.1) is 16.0 Å². The molecule has 102 valence electrons. The molecule has 1 aromatic carbocycles. The van der Waals surface area contributed by atoms with Crippen LogP contribution in [-0.2, 0) is 0 Å². The van der Waals surface area contributed by atoms with Crippen molar-refractivity contribution < 1.29 is 4.92 Å². The molecule has 2 aromatic rings. The lowest BCUT2D eigenvalue weighted by molar-refractivity contribution is -0.384. The number of anilines is 1. The zero-order valence-electron chi connectivity index (χ0n) is 10.5. The van der Waals surface area contributed by atoms with E-state index < -0.39 is 4.92 Å². The number of non-ortho nitro benzene ring substituents is 1. The highest BCUT2D eigenvalue weighted by Gasteiger charge is 2.11. The zero-order valence-corrected chi connectivity index (χ0v) is 11.3. The lowest BCUT2D eigenvalue weighted by Gasteiger charge is -2.14. The van der Waals surface area contributed by atoms with Gasteiger partial charge in [-0.2, -0.15) is 0 Å². The highest BCUT2D eigenvalue weighted by molar-refractivity contribution is 6.17. The number of rotatable bonds is 6. The molecule has 0 aliphatic heterocycles. The molecule has 0 aliphatic carbocycles. The van der Waals surface area contributed by atoms with E-state index in [4.69, 9.17) is 11.6 Å². The average molecular weight is 283 g/mol. The Hall–Kier alpha value is -1.82. The lowest BCUT2D eigenvalue weighted by atomic mass is 10.2. The summed E-state index contributed by atoms with van der Waals surface area (Å²) in [5.74, 6) is 1.20. The van der Waals surface area contributed by atoms with E-state index in [9.17, 15) is 10.1 Å². The van der Waals surface area contributed by atoms with Crippen molar-refractivity contribution in [2.75, 3.05) is 11.2 Å². The summed E-state index contributed by atoms with van der Waals surface area (Å²) in [5, 5.41) is 13.9. The van der Waals surface area contributed by atoms with Crippen LogP contribution in [-0.4, -0.2) is 26.8 Å². The Morgan fingerprint density at radius 2 is 2.37 bits per heavy atom. The molecule has 0 radical (unpaired) electrons. The molecule has 1 unspecified atom stereocenters. The third-order valence-electron chi connectivity index (χ3n) is 2.97. The molecular formula is C12H15ClN4O2. The van der Waals surface area contributed by atoms with E-state index in [0.717, 1.165) is 12.8 Å². The molecule has 0 saturated carbocycles. The molecule has 1 heterocycles. The first-order valence-corrected chi connectivity index (χ1v) is 6.64. The Labute approximate surface area is 115 Å². The molecule has 1 atom stereocenters. The monoisotopic (exact) mass is 282 g/mol. The first-order chi connectivity index (χ1) is 9.13. The van der Waals surface area contributed by atoms with Crippen LogP contribution in [0.4, 0.5) is 11.6 Å². The van der Waals surface area contributed by atoms with Crippen LogP contribution in [0.25, 0.3) is 11.0 Å². The van der Waals surface area contributed by atoms with Gasteiger partial charge >= 0.3 is 0 Å². The molecule has 2 N–H and O–H groups in total. The third-order valence-corrected chi connectivity index (χ3v) is 3.19. The number of alkyl halides is 1. The number of nitro groups is 1. The van der Waals surface area contributed by atoms with Crippen LogP contribution >= 0.6 is 11.6 Å². The van der Waals surface area contributed by atoms with Crippen molar-refractivity contribution in [2.45, 2.75) is 25.8 Å². The van der Waals surface area contributed by atoms with Crippen molar-refractivity contribution in [2.24, 2.45) is 0 Å². The van der Waals surface area contributed by atoms with E-state index >= 15 is 0 Å². The Bertz CT molecular complexity index is 584. The summed E-state index contributed by atoms with van der Waals surface area (Å²) in [6.07, 6.45) is 1.78. The Kier molecular flexibility index (Phi) is 4.21. The third kappa shape index (κ3) is 3.14. The summed E-state index contributed by atoms with van der Waals surface area (Å²) in [6.45, 7) is 2.07. The van der Waals surface area contributed by atoms with Crippen LogP contribution in [0.3, 0.4) is 0 Å². The molecule has 0 aliphatic rings. The van der Waals surface area contributed by atoms with Gasteiger partial charge in [0, 0.05) is 24.1 Å². The van der Waals surface area contributed by atoms with Gasteiger partial charge in [0.2, 0.25) is 5.95 Å². The van der Waals surface area contributed by atoms with Crippen LogP contribution in [0.2, 0.25) is 0 Å². The maximum atomic E-state index is 10.7. The maximum Gasteiger partial charge on any atom is 0.271 e. The van der Waals surface area contributed by atoms with Gasteiger partial charge in [-0.25, -0.2) is 4.98 Å². The van der Waals surface area contributed by atoms with Gasteiger partial charge in [-0.15, -0.1) is 11.6 Å². The minimum Gasteiger partial charge on any atom is -0.353 e. The number of H-pyrrole nitrogens is 1. The highest BCUT2D eigenvalue weighted by atomic mass is 35.5. The van der Waals surface area contributed by atoms with Crippen LogP contribution < -0.4 is 5.32 Å². The van der Waals surface area contributed by atoms with E-state index in [1.165, 1.54) is 12.1 Å². The Morgan fingerprint density at radius 1 is 1.58 bits per heavy atom. The van der Waals surface area contributed by atoms with E-state index in [1.54, 1.807) is 6.07 Å². The first kappa shape index (κ1) is 13.6. The number of hydrogen-bond donors (Lipinski definition) is 2. The van der Waals surface area contributed by atoms with Crippen LogP contribution in [0.15, 0.2) is 18.2 Å². The summed E-state index contributed by atoms with van der Waals surface area (Å²) in [5.41, 5.74) is 1.40. The van der Waals surface area contributed by atoms with Crippen LogP contribution in [0.1, 0.15) is 19.8 Å². The van der Waals surface area contributed by atoms with Gasteiger partial charge in [0.1, 0.15) is 0 Å². The minimum absolute atomic E-state index is 0.0514. The summed E-state index contributed by atoms with van der Waals surface area (Å²) >= 11 is 5.73. The number of hydrogen-bond acceptors (Lipinski definition) is 4. The van der Waals surface area contributed by atoms with E-state index in [1.807, 2.05) is 0 Å². The maximum absolute atomic E-state index is 10.7. The number of benzene rings is 1. The molecule has 7 heteroatoms. The number of fused-ring (bicyclic) bond motifs is 1. The van der Waals surface area contributed by atoms with E-state index in [2.05, 4.69) is 22.2 Å². The van der Waals surface area contributed by atoms with Gasteiger partial charge in [-0.3, -0.25) is 10.1 Å². The summed E-state index contributed by atoms with van der Waals surface area (Å²) in [4.78, 5) is 17.7. The molecule has 0 bridgehead atoms. The predicted octanol–water partition coefficient (Wildman–Crippen LogP) is 3.29. The molecule has 0 saturated heterocycles. The van der Waals surface area contributed by atoms with Crippen molar-refractivity contribution in [1.82, 2.24) is 9.97 Å². The summed E-state index contributed by atoms with van der Waals surface area (Å²) in [7, 11) is 0. The van der Waals surface area contributed by atoms with Gasteiger partial charge in [-0.05, 0) is 18.9 Å². The number of nitrogens with one attached hydrogen (secondary N) is 2.